The third-order valence-corrected chi connectivity index (χ3v) is 5.74. The van der Waals surface area contributed by atoms with Crippen molar-refractivity contribution in [3.8, 4) is 0 Å². The van der Waals surface area contributed by atoms with Gasteiger partial charge in [-0.2, -0.15) is 0 Å². The van der Waals surface area contributed by atoms with Gasteiger partial charge in [0.1, 0.15) is 0 Å². The van der Waals surface area contributed by atoms with Crippen LogP contribution in [0.25, 0.3) is 0 Å². The monoisotopic (exact) mass is 378 g/mol. The zero-order valence-corrected chi connectivity index (χ0v) is 15.6. The number of nitrogens with zero attached hydrogens (tertiary/aromatic N) is 2. The Morgan fingerprint density at radius 2 is 0.964 bits per heavy atom. The quantitative estimate of drug-likeness (QED) is 0.681. The Morgan fingerprint density at radius 1 is 0.571 bits per heavy atom. The first-order valence-electron chi connectivity index (χ1n) is 9.75. The Labute approximate surface area is 163 Å². The van der Waals surface area contributed by atoms with Crippen molar-refractivity contribution in [1.29, 1.82) is 0 Å². The molecule has 2 aliphatic heterocycles. The van der Waals surface area contributed by atoms with E-state index in [1.54, 1.807) is 12.1 Å². The molecule has 3 aliphatic rings. The van der Waals surface area contributed by atoms with Gasteiger partial charge in [-0.1, -0.05) is 0 Å². The van der Waals surface area contributed by atoms with Crippen LogP contribution in [0, 0.1) is 0 Å². The molecule has 0 bridgehead atoms. The van der Waals surface area contributed by atoms with E-state index in [0.717, 1.165) is 37.6 Å². The largest absolute Gasteiger partial charge is 0.378 e. The van der Waals surface area contributed by atoms with Crippen molar-refractivity contribution in [3.05, 3.63) is 58.7 Å². The molecule has 144 valence electrons. The van der Waals surface area contributed by atoms with E-state index in [1.807, 2.05) is 24.3 Å². The highest BCUT2D eigenvalue weighted by Crippen LogP contribution is 2.32. The minimum Gasteiger partial charge on any atom is -0.378 e. The van der Waals surface area contributed by atoms with Crippen LogP contribution in [0.5, 0.6) is 0 Å². The summed E-state index contributed by atoms with van der Waals surface area (Å²) in [6.45, 7) is 5.88. The molecule has 2 saturated heterocycles. The maximum absolute atomic E-state index is 13.1. The second kappa shape index (κ2) is 7.04. The molecule has 0 atom stereocenters. The normalized spacial score (nSPS) is 19.4. The first-order chi connectivity index (χ1) is 13.7. The average molecular weight is 378 g/mol. The zero-order valence-electron chi connectivity index (χ0n) is 15.6. The molecule has 0 aromatic heterocycles. The number of fused-ring (bicyclic) bond motifs is 2. The van der Waals surface area contributed by atoms with Crippen LogP contribution in [0.3, 0.4) is 0 Å². The predicted octanol–water partition coefficient (Wildman–Crippen LogP) is 2.14. The van der Waals surface area contributed by atoms with E-state index in [0.29, 0.717) is 48.7 Å². The lowest BCUT2D eigenvalue weighted by Gasteiger charge is -2.31. The van der Waals surface area contributed by atoms with Gasteiger partial charge < -0.3 is 19.3 Å². The Balaban J connectivity index is 1.50. The minimum atomic E-state index is -0.0757. The number of ketones is 2. The summed E-state index contributed by atoms with van der Waals surface area (Å²) in [7, 11) is 0. The summed E-state index contributed by atoms with van der Waals surface area (Å²) in [5, 5.41) is 0. The van der Waals surface area contributed by atoms with Gasteiger partial charge in [0.2, 0.25) is 0 Å². The highest BCUT2D eigenvalue weighted by Gasteiger charge is 2.31. The Bertz CT molecular complexity index is 866. The van der Waals surface area contributed by atoms with Crippen LogP contribution in [-0.2, 0) is 9.47 Å². The highest BCUT2D eigenvalue weighted by molar-refractivity contribution is 6.28. The Morgan fingerprint density at radius 3 is 1.36 bits per heavy atom. The molecule has 1 aliphatic carbocycles. The van der Waals surface area contributed by atoms with E-state index in [4.69, 9.17) is 9.47 Å². The second-order valence-corrected chi connectivity index (χ2v) is 7.32. The molecule has 0 saturated carbocycles. The van der Waals surface area contributed by atoms with Gasteiger partial charge in [0.25, 0.3) is 0 Å². The molecule has 2 aromatic carbocycles. The summed E-state index contributed by atoms with van der Waals surface area (Å²) in [4.78, 5) is 30.7. The molecular weight excluding hydrogens is 356 g/mol. The van der Waals surface area contributed by atoms with Crippen molar-refractivity contribution in [2.24, 2.45) is 0 Å². The number of hydrogen-bond acceptors (Lipinski definition) is 6. The fourth-order valence-electron chi connectivity index (χ4n) is 4.16. The zero-order chi connectivity index (χ0) is 19.1. The molecule has 6 heteroatoms. The van der Waals surface area contributed by atoms with Crippen LogP contribution < -0.4 is 9.80 Å². The van der Waals surface area contributed by atoms with Gasteiger partial charge in [-0.05, 0) is 36.4 Å². The van der Waals surface area contributed by atoms with E-state index in [9.17, 15) is 9.59 Å². The lowest BCUT2D eigenvalue weighted by molar-refractivity contribution is 0.0979. The third kappa shape index (κ3) is 2.89. The van der Waals surface area contributed by atoms with Crippen molar-refractivity contribution in [2.75, 3.05) is 62.4 Å². The molecule has 5 rings (SSSR count). The van der Waals surface area contributed by atoms with E-state index in [-0.39, 0.29) is 11.6 Å². The van der Waals surface area contributed by atoms with Gasteiger partial charge >= 0.3 is 0 Å². The molecule has 6 nitrogen and oxygen atoms in total. The summed E-state index contributed by atoms with van der Waals surface area (Å²) < 4.78 is 10.8. The van der Waals surface area contributed by atoms with E-state index in [1.165, 1.54) is 0 Å². The lowest BCUT2D eigenvalue weighted by atomic mass is 9.83. The first-order valence-corrected chi connectivity index (χ1v) is 9.75. The number of rotatable bonds is 2. The number of morpholine rings is 2. The molecule has 0 unspecified atom stereocenters. The number of hydrogen-bond donors (Lipinski definition) is 0. The highest BCUT2D eigenvalue weighted by atomic mass is 16.5. The minimum absolute atomic E-state index is 0.0757. The van der Waals surface area contributed by atoms with Gasteiger partial charge in [0.05, 0.1) is 26.4 Å². The molecule has 0 amide bonds. The third-order valence-electron chi connectivity index (χ3n) is 5.74. The number of carbonyl (C=O) groups is 2. The standard InChI is InChI=1S/C22H22N2O4/c25-21-17-3-1-15(23-5-9-27-10-6-23)13-19(17)22(26)18-4-2-16(14-20(18)21)24-7-11-28-12-8-24/h1-4,13-14H,5-12H2. The predicted molar refractivity (Wildman–Crippen MR) is 106 cm³/mol. The average Bonchev–Trinajstić information content (AvgIpc) is 2.78. The molecule has 28 heavy (non-hydrogen) atoms. The van der Waals surface area contributed by atoms with Crippen molar-refractivity contribution in [3.63, 3.8) is 0 Å². The topological polar surface area (TPSA) is 59.1 Å². The van der Waals surface area contributed by atoms with E-state index < -0.39 is 0 Å². The van der Waals surface area contributed by atoms with Gasteiger partial charge in [-0.25, -0.2) is 0 Å². The summed E-state index contributed by atoms with van der Waals surface area (Å²) >= 11 is 0. The number of benzene rings is 2. The van der Waals surface area contributed by atoms with Crippen LogP contribution in [0.2, 0.25) is 0 Å². The van der Waals surface area contributed by atoms with Crippen LogP contribution in [0.4, 0.5) is 11.4 Å². The number of ether oxygens (including phenoxy) is 2. The molecule has 2 fully saturated rings. The van der Waals surface area contributed by atoms with Crippen LogP contribution in [0.1, 0.15) is 31.8 Å². The van der Waals surface area contributed by atoms with Gasteiger partial charge in [0, 0.05) is 59.8 Å². The lowest BCUT2D eigenvalue weighted by Crippen LogP contribution is -2.37. The van der Waals surface area contributed by atoms with Crippen molar-refractivity contribution >= 4 is 22.9 Å². The summed E-state index contributed by atoms with van der Waals surface area (Å²) in [5.41, 5.74) is 3.93. The maximum atomic E-state index is 13.1. The first kappa shape index (κ1) is 17.4. The smallest absolute Gasteiger partial charge is 0.194 e. The fraction of sp³-hybridized carbons (Fsp3) is 0.364. The number of anilines is 2. The second-order valence-electron chi connectivity index (χ2n) is 7.32. The van der Waals surface area contributed by atoms with Crippen LogP contribution in [-0.4, -0.2) is 64.2 Å². The SMILES string of the molecule is O=C1c2ccc(N3CCOCC3)cc2C(=O)c2ccc(N3CCOCC3)cc21. The van der Waals surface area contributed by atoms with Crippen molar-refractivity contribution in [2.45, 2.75) is 0 Å². The van der Waals surface area contributed by atoms with Crippen molar-refractivity contribution < 1.29 is 19.1 Å². The van der Waals surface area contributed by atoms with Gasteiger partial charge in [0.15, 0.2) is 11.6 Å². The van der Waals surface area contributed by atoms with Crippen LogP contribution >= 0.6 is 0 Å². The summed E-state index contributed by atoms with van der Waals surface area (Å²) in [6, 6.07) is 11.2. The van der Waals surface area contributed by atoms with E-state index in [2.05, 4.69) is 9.80 Å². The Kier molecular flexibility index (Phi) is 4.37. The molecule has 0 spiro atoms. The van der Waals surface area contributed by atoms with Crippen molar-refractivity contribution in [1.82, 2.24) is 0 Å². The van der Waals surface area contributed by atoms with Crippen LogP contribution in [0.15, 0.2) is 36.4 Å². The van der Waals surface area contributed by atoms with E-state index >= 15 is 0 Å². The molecule has 0 radical (unpaired) electrons. The maximum Gasteiger partial charge on any atom is 0.194 e. The molecule has 0 N–H and O–H groups in total. The van der Waals surface area contributed by atoms with Gasteiger partial charge in [-0.3, -0.25) is 9.59 Å². The fourth-order valence-corrected chi connectivity index (χ4v) is 4.16. The molecule has 2 heterocycles. The summed E-state index contributed by atoms with van der Waals surface area (Å²) in [5.74, 6) is -0.151. The van der Waals surface area contributed by atoms with Gasteiger partial charge in [-0.15, -0.1) is 0 Å². The number of carbonyl (C=O) groups excluding carboxylic acids is 2. The Hall–Kier alpha value is -2.70. The summed E-state index contributed by atoms with van der Waals surface area (Å²) in [6.07, 6.45) is 0. The molecule has 2 aromatic rings. The molecular formula is C22H22N2O4.